The highest BCUT2D eigenvalue weighted by atomic mass is 16.2. The van der Waals surface area contributed by atoms with Gasteiger partial charge in [0, 0.05) is 25.0 Å². The van der Waals surface area contributed by atoms with E-state index in [2.05, 4.69) is 15.7 Å². The highest BCUT2D eigenvalue weighted by molar-refractivity contribution is 5.98. The van der Waals surface area contributed by atoms with Crippen molar-refractivity contribution in [1.29, 1.82) is 0 Å². The monoisotopic (exact) mass is 295 g/mol. The maximum absolute atomic E-state index is 12.1. The van der Waals surface area contributed by atoms with Crippen LogP contribution in [0.5, 0.6) is 0 Å². The highest BCUT2D eigenvalue weighted by Gasteiger charge is 2.19. The fourth-order valence-corrected chi connectivity index (χ4v) is 1.92. The molecule has 0 aliphatic rings. The number of aromatic nitrogens is 2. The summed E-state index contributed by atoms with van der Waals surface area (Å²) in [4.78, 5) is 23.8. The molecule has 1 heterocycles. The number of nitrogens with two attached hydrogens (primary N) is 1. The minimum atomic E-state index is -0.307. The molecule has 0 fully saturated rings. The lowest BCUT2D eigenvalue weighted by atomic mass is 10.1. The van der Waals surface area contributed by atoms with Gasteiger partial charge in [-0.1, -0.05) is 0 Å². The fourth-order valence-electron chi connectivity index (χ4n) is 1.92. The van der Waals surface area contributed by atoms with Gasteiger partial charge in [-0.15, -0.1) is 0 Å². The number of hydrogen-bond acceptors (Lipinski definition) is 4. The summed E-state index contributed by atoms with van der Waals surface area (Å²) in [6, 6.07) is 0. The Morgan fingerprint density at radius 1 is 1.33 bits per heavy atom. The molecule has 118 valence electrons. The van der Waals surface area contributed by atoms with Crippen molar-refractivity contribution in [3.63, 3.8) is 0 Å². The number of aryl methyl sites for hydroxylation is 2. The molecule has 0 radical (unpaired) electrons. The van der Waals surface area contributed by atoms with E-state index in [1.165, 1.54) is 0 Å². The van der Waals surface area contributed by atoms with Crippen molar-refractivity contribution in [3.8, 4) is 0 Å². The second-order valence-electron chi connectivity index (χ2n) is 5.97. The zero-order chi connectivity index (χ0) is 16.2. The Bertz CT molecular complexity index is 528. The van der Waals surface area contributed by atoms with Crippen LogP contribution in [-0.4, -0.2) is 33.7 Å². The average molecular weight is 295 g/mol. The summed E-state index contributed by atoms with van der Waals surface area (Å²) in [7, 11) is 0. The summed E-state index contributed by atoms with van der Waals surface area (Å²) >= 11 is 0. The number of rotatable bonds is 5. The predicted molar refractivity (Wildman–Crippen MR) is 81.9 cm³/mol. The molecular formula is C14H25N5O2. The molecule has 1 aromatic heterocycles. The summed E-state index contributed by atoms with van der Waals surface area (Å²) in [6.45, 7) is 10.2. The standard InChI is InChI=1S/C14H25N5O2/c1-6-19-12(11(15)9(2)18-19)13(21)16-8-7-10(20)17-14(3,4)5/h6-8,15H2,1-5H3,(H,16,21)(H,17,20). The average Bonchev–Trinajstić information content (AvgIpc) is 2.62. The molecule has 0 aromatic carbocycles. The van der Waals surface area contributed by atoms with Gasteiger partial charge in [-0.05, 0) is 34.6 Å². The third kappa shape index (κ3) is 4.77. The quantitative estimate of drug-likeness (QED) is 0.748. The summed E-state index contributed by atoms with van der Waals surface area (Å²) < 4.78 is 1.56. The first-order valence-electron chi connectivity index (χ1n) is 7.07. The number of hydrogen-bond donors (Lipinski definition) is 3. The van der Waals surface area contributed by atoms with Crippen molar-refractivity contribution >= 4 is 17.5 Å². The van der Waals surface area contributed by atoms with Gasteiger partial charge in [0.2, 0.25) is 5.91 Å². The summed E-state index contributed by atoms with van der Waals surface area (Å²) in [5.41, 5.74) is 6.96. The molecule has 0 aliphatic heterocycles. The SMILES string of the molecule is CCn1nc(C)c(N)c1C(=O)NCCC(=O)NC(C)(C)C. The van der Waals surface area contributed by atoms with Gasteiger partial charge >= 0.3 is 0 Å². The van der Waals surface area contributed by atoms with Gasteiger partial charge in [-0.25, -0.2) is 0 Å². The van der Waals surface area contributed by atoms with Crippen molar-refractivity contribution in [2.24, 2.45) is 0 Å². The maximum Gasteiger partial charge on any atom is 0.271 e. The van der Waals surface area contributed by atoms with Crippen molar-refractivity contribution in [2.45, 2.75) is 53.1 Å². The molecule has 1 aromatic rings. The van der Waals surface area contributed by atoms with Crippen molar-refractivity contribution in [1.82, 2.24) is 20.4 Å². The van der Waals surface area contributed by atoms with Gasteiger partial charge < -0.3 is 16.4 Å². The number of amides is 2. The molecule has 0 atom stereocenters. The first-order chi connectivity index (χ1) is 9.65. The number of anilines is 1. The van der Waals surface area contributed by atoms with Crippen LogP contribution in [0.15, 0.2) is 0 Å². The van der Waals surface area contributed by atoms with Crippen molar-refractivity contribution in [3.05, 3.63) is 11.4 Å². The Morgan fingerprint density at radius 3 is 2.48 bits per heavy atom. The van der Waals surface area contributed by atoms with Crippen molar-refractivity contribution in [2.75, 3.05) is 12.3 Å². The Morgan fingerprint density at radius 2 is 1.95 bits per heavy atom. The first kappa shape index (κ1) is 17.0. The molecule has 0 spiro atoms. The Balaban J connectivity index is 2.57. The van der Waals surface area contributed by atoms with E-state index in [1.54, 1.807) is 11.6 Å². The van der Waals surface area contributed by atoms with E-state index in [0.717, 1.165) is 0 Å². The molecule has 2 amide bonds. The van der Waals surface area contributed by atoms with E-state index < -0.39 is 0 Å². The summed E-state index contributed by atoms with van der Waals surface area (Å²) in [5.74, 6) is -0.408. The Kier molecular flexibility index (Phi) is 5.34. The summed E-state index contributed by atoms with van der Waals surface area (Å²) in [6.07, 6.45) is 0.224. The third-order valence-electron chi connectivity index (χ3n) is 2.84. The number of nitrogens with one attached hydrogen (secondary N) is 2. The van der Waals surface area contributed by atoms with Crippen molar-refractivity contribution < 1.29 is 9.59 Å². The number of carbonyl (C=O) groups is 2. The largest absolute Gasteiger partial charge is 0.395 e. The van der Waals surface area contributed by atoms with Crippen LogP contribution in [0.1, 0.15) is 50.3 Å². The van der Waals surface area contributed by atoms with Gasteiger partial charge in [-0.2, -0.15) is 5.10 Å². The summed E-state index contributed by atoms with van der Waals surface area (Å²) in [5, 5.41) is 9.74. The normalized spacial score (nSPS) is 11.3. The molecule has 4 N–H and O–H groups in total. The van der Waals surface area contributed by atoms with Crippen LogP contribution in [0.4, 0.5) is 5.69 Å². The van der Waals surface area contributed by atoms with E-state index in [4.69, 9.17) is 5.73 Å². The van der Waals surface area contributed by atoms with Crippen LogP contribution >= 0.6 is 0 Å². The number of carbonyl (C=O) groups excluding carboxylic acids is 2. The number of nitrogens with zero attached hydrogens (tertiary/aromatic N) is 2. The minimum Gasteiger partial charge on any atom is -0.395 e. The lowest BCUT2D eigenvalue weighted by Crippen LogP contribution is -2.42. The van der Waals surface area contributed by atoms with E-state index >= 15 is 0 Å². The van der Waals surface area contributed by atoms with Gasteiger partial charge in [0.15, 0.2) is 0 Å². The van der Waals surface area contributed by atoms with E-state index in [0.29, 0.717) is 23.6 Å². The van der Waals surface area contributed by atoms with Gasteiger partial charge in [0.05, 0.1) is 11.4 Å². The Labute approximate surface area is 125 Å². The molecular weight excluding hydrogens is 270 g/mol. The third-order valence-corrected chi connectivity index (χ3v) is 2.84. The smallest absolute Gasteiger partial charge is 0.271 e. The molecule has 0 bridgehead atoms. The van der Waals surface area contributed by atoms with Gasteiger partial charge in [-0.3, -0.25) is 14.3 Å². The van der Waals surface area contributed by atoms with E-state index in [1.807, 2.05) is 27.7 Å². The molecule has 0 aliphatic carbocycles. The molecule has 7 heteroatoms. The highest BCUT2D eigenvalue weighted by Crippen LogP contribution is 2.16. The molecule has 7 nitrogen and oxygen atoms in total. The number of nitrogen functional groups attached to an aromatic ring is 1. The van der Waals surface area contributed by atoms with Gasteiger partial charge in [0.25, 0.3) is 5.91 Å². The van der Waals surface area contributed by atoms with Crippen LogP contribution in [0, 0.1) is 6.92 Å². The van der Waals surface area contributed by atoms with Crippen LogP contribution < -0.4 is 16.4 Å². The Hall–Kier alpha value is -2.05. The maximum atomic E-state index is 12.1. The van der Waals surface area contributed by atoms with Crippen LogP contribution in [0.25, 0.3) is 0 Å². The predicted octanol–water partition coefficient (Wildman–Crippen LogP) is 0.828. The van der Waals surface area contributed by atoms with Crippen LogP contribution in [0.3, 0.4) is 0 Å². The van der Waals surface area contributed by atoms with Crippen LogP contribution in [0.2, 0.25) is 0 Å². The lowest BCUT2D eigenvalue weighted by molar-refractivity contribution is -0.122. The topological polar surface area (TPSA) is 102 Å². The van der Waals surface area contributed by atoms with E-state index in [9.17, 15) is 9.59 Å². The van der Waals surface area contributed by atoms with Crippen LogP contribution in [-0.2, 0) is 11.3 Å². The molecule has 1 rings (SSSR count). The first-order valence-corrected chi connectivity index (χ1v) is 7.07. The minimum absolute atomic E-state index is 0.101. The zero-order valence-electron chi connectivity index (χ0n) is 13.4. The molecule has 0 saturated heterocycles. The molecule has 21 heavy (non-hydrogen) atoms. The second kappa shape index (κ2) is 6.60. The van der Waals surface area contributed by atoms with Gasteiger partial charge in [0.1, 0.15) is 5.69 Å². The molecule has 0 unspecified atom stereocenters. The molecule has 0 saturated carbocycles. The fraction of sp³-hybridized carbons (Fsp3) is 0.643. The second-order valence-corrected chi connectivity index (χ2v) is 5.97. The zero-order valence-corrected chi connectivity index (χ0v) is 13.4. The lowest BCUT2D eigenvalue weighted by Gasteiger charge is -2.20. The van der Waals surface area contributed by atoms with E-state index in [-0.39, 0.29) is 30.3 Å².